The van der Waals surface area contributed by atoms with Gasteiger partial charge in [0.25, 0.3) is 0 Å². The minimum atomic E-state index is -0.182. The van der Waals surface area contributed by atoms with Gasteiger partial charge >= 0.3 is 0 Å². The smallest absolute Gasteiger partial charge is 0.244 e. The number of hydrogen-bond acceptors (Lipinski definition) is 3. The summed E-state index contributed by atoms with van der Waals surface area (Å²) >= 11 is 1.43. The van der Waals surface area contributed by atoms with Crippen LogP contribution in [0.5, 0.6) is 0 Å². The Balaban J connectivity index is 2.12. The second-order valence-electron chi connectivity index (χ2n) is 3.08. The molecule has 0 unspecified atom stereocenters. The van der Waals surface area contributed by atoms with Gasteiger partial charge in [0, 0.05) is 10.9 Å². The molecule has 2 aromatic rings. The molecule has 1 aromatic heterocycles. The van der Waals surface area contributed by atoms with Crippen molar-refractivity contribution < 1.29 is 4.79 Å². The molecule has 0 fully saturated rings. The second-order valence-corrected chi connectivity index (χ2v) is 4.09. The molecule has 1 heterocycles. The molecule has 78 valence electrons. The molecule has 0 atom stereocenters. The van der Waals surface area contributed by atoms with Crippen LogP contribution in [0.3, 0.4) is 0 Å². The number of aromatic amines is 1. The third-order valence-corrected chi connectivity index (χ3v) is 2.96. The van der Waals surface area contributed by atoms with E-state index in [9.17, 15) is 4.79 Å². The van der Waals surface area contributed by atoms with Gasteiger partial charge in [0.05, 0.1) is 10.8 Å². The van der Waals surface area contributed by atoms with Crippen molar-refractivity contribution in [2.75, 3.05) is 5.75 Å². The van der Waals surface area contributed by atoms with Crippen LogP contribution in [0.4, 0.5) is 0 Å². The number of rotatable bonds is 3. The van der Waals surface area contributed by atoms with E-state index in [1.807, 2.05) is 30.3 Å². The zero-order chi connectivity index (χ0) is 10.7. The Kier molecular flexibility index (Phi) is 2.94. The number of amides is 1. The summed E-state index contributed by atoms with van der Waals surface area (Å²) in [7, 11) is 0. The molecule has 5 heteroatoms. The third-order valence-electron chi connectivity index (χ3n) is 2.03. The van der Waals surface area contributed by atoms with E-state index in [4.69, 9.17) is 5.84 Å². The van der Waals surface area contributed by atoms with Crippen LogP contribution in [0.25, 0.3) is 10.9 Å². The molecule has 0 aliphatic rings. The Hall–Kier alpha value is -1.46. The average molecular weight is 221 g/mol. The van der Waals surface area contributed by atoms with Crippen LogP contribution in [0.1, 0.15) is 0 Å². The summed E-state index contributed by atoms with van der Waals surface area (Å²) in [6.07, 6.45) is 0. The van der Waals surface area contributed by atoms with E-state index in [0.717, 1.165) is 15.9 Å². The number of aromatic nitrogens is 1. The molecule has 0 bridgehead atoms. The first kappa shape index (κ1) is 10.1. The molecule has 0 saturated heterocycles. The Labute approximate surface area is 91.2 Å². The first-order valence-corrected chi connectivity index (χ1v) is 5.48. The van der Waals surface area contributed by atoms with Crippen molar-refractivity contribution in [2.24, 2.45) is 5.84 Å². The molecular formula is C10H11N3OS. The first-order valence-electron chi connectivity index (χ1n) is 4.49. The van der Waals surface area contributed by atoms with Crippen LogP contribution in [0.2, 0.25) is 0 Å². The van der Waals surface area contributed by atoms with Crippen LogP contribution in [0.15, 0.2) is 35.4 Å². The first-order chi connectivity index (χ1) is 7.29. The molecule has 15 heavy (non-hydrogen) atoms. The zero-order valence-electron chi connectivity index (χ0n) is 7.99. The zero-order valence-corrected chi connectivity index (χ0v) is 8.80. The lowest BCUT2D eigenvalue weighted by Crippen LogP contribution is -2.31. The predicted octanol–water partition coefficient (Wildman–Crippen LogP) is 1.25. The molecule has 1 aromatic carbocycles. The Bertz CT molecular complexity index is 447. The fourth-order valence-corrected chi connectivity index (χ4v) is 2.07. The number of para-hydroxylation sites is 1. The lowest BCUT2D eigenvalue weighted by molar-refractivity contribution is -0.118. The van der Waals surface area contributed by atoms with Gasteiger partial charge < -0.3 is 4.98 Å². The van der Waals surface area contributed by atoms with Crippen LogP contribution >= 0.6 is 11.8 Å². The number of H-pyrrole nitrogens is 1. The Morgan fingerprint density at radius 2 is 2.27 bits per heavy atom. The maximum atomic E-state index is 10.9. The minimum Gasteiger partial charge on any atom is -0.350 e. The molecule has 4 N–H and O–H groups in total. The highest BCUT2D eigenvalue weighted by atomic mass is 32.2. The highest BCUT2D eigenvalue weighted by molar-refractivity contribution is 7.99. The number of hydrogen-bond donors (Lipinski definition) is 3. The van der Waals surface area contributed by atoms with E-state index >= 15 is 0 Å². The molecule has 0 aliphatic heterocycles. The summed E-state index contributed by atoms with van der Waals surface area (Å²) in [4.78, 5) is 14.1. The second kappa shape index (κ2) is 4.37. The van der Waals surface area contributed by atoms with Crippen molar-refractivity contribution in [2.45, 2.75) is 5.03 Å². The molecular weight excluding hydrogens is 210 g/mol. The van der Waals surface area contributed by atoms with Crippen LogP contribution in [0, 0.1) is 0 Å². The van der Waals surface area contributed by atoms with Gasteiger partial charge in [0.15, 0.2) is 0 Å². The van der Waals surface area contributed by atoms with Crippen LogP contribution < -0.4 is 11.3 Å². The van der Waals surface area contributed by atoms with Gasteiger partial charge in [0.2, 0.25) is 5.91 Å². The number of nitrogens with one attached hydrogen (secondary N) is 2. The fraction of sp³-hybridized carbons (Fsp3) is 0.100. The van der Waals surface area contributed by atoms with Crippen LogP contribution in [-0.2, 0) is 4.79 Å². The topological polar surface area (TPSA) is 70.9 Å². The van der Waals surface area contributed by atoms with Crippen LogP contribution in [-0.4, -0.2) is 16.6 Å². The van der Waals surface area contributed by atoms with E-state index in [1.54, 1.807) is 0 Å². The van der Waals surface area contributed by atoms with E-state index < -0.39 is 0 Å². The van der Waals surface area contributed by atoms with Gasteiger partial charge in [-0.15, -0.1) is 0 Å². The number of thioether (sulfide) groups is 1. The van der Waals surface area contributed by atoms with Gasteiger partial charge in [0.1, 0.15) is 0 Å². The maximum Gasteiger partial charge on any atom is 0.244 e. The fourth-order valence-electron chi connectivity index (χ4n) is 1.31. The molecule has 0 saturated carbocycles. The molecule has 0 aliphatic carbocycles. The van der Waals surface area contributed by atoms with Gasteiger partial charge in [-0.25, -0.2) is 5.84 Å². The summed E-state index contributed by atoms with van der Waals surface area (Å²) in [5, 5.41) is 2.12. The highest BCUT2D eigenvalue weighted by Crippen LogP contribution is 2.22. The quantitative estimate of drug-likeness (QED) is 0.316. The van der Waals surface area contributed by atoms with Crippen molar-refractivity contribution >= 4 is 28.6 Å². The van der Waals surface area contributed by atoms with Crippen molar-refractivity contribution in [3.8, 4) is 0 Å². The maximum absolute atomic E-state index is 10.9. The van der Waals surface area contributed by atoms with Crippen molar-refractivity contribution in [3.05, 3.63) is 30.3 Å². The lowest BCUT2D eigenvalue weighted by Gasteiger charge is -1.96. The minimum absolute atomic E-state index is 0.182. The number of nitrogens with two attached hydrogens (primary N) is 1. The van der Waals surface area contributed by atoms with E-state index in [0.29, 0.717) is 5.75 Å². The normalized spacial score (nSPS) is 10.5. The third kappa shape index (κ3) is 2.31. The summed E-state index contributed by atoms with van der Waals surface area (Å²) < 4.78 is 0. The number of hydrazine groups is 1. The van der Waals surface area contributed by atoms with E-state index in [-0.39, 0.29) is 5.91 Å². The van der Waals surface area contributed by atoms with Gasteiger partial charge in [-0.2, -0.15) is 0 Å². The number of carbonyl (C=O) groups excluding carboxylic acids is 1. The summed E-state index contributed by atoms with van der Waals surface area (Å²) in [6, 6.07) is 10.0. The lowest BCUT2D eigenvalue weighted by atomic mass is 10.3. The van der Waals surface area contributed by atoms with Crippen molar-refractivity contribution in [1.29, 1.82) is 0 Å². The average Bonchev–Trinajstić information content (AvgIpc) is 2.68. The summed E-state index contributed by atoms with van der Waals surface area (Å²) in [5.41, 5.74) is 3.17. The molecule has 2 rings (SSSR count). The predicted molar refractivity (Wildman–Crippen MR) is 61.4 cm³/mol. The number of carbonyl (C=O) groups is 1. The molecule has 4 nitrogen and oxygen atoms in total. The Morgan fingerprint density at radius 1 is 1.47 bits per heavy atom. The SMILES string of the molecule is NNC(=O)CSc1cc2ccccc2[nH]1. The highest BCUT2D eigenvalue weighted by Gasteiger charge is 2.03. The van der Waals surface area contributed by atoms with Crippen molar-refractivity contribution in [3.63, 3.8) is 0 Å². The van der Waals surface area contributed by atoms with Gasteiger partial charge in [-0.05, 0) is 12.1 Å². The van der Waals surface area contributed by atoms with E-state index in [2.05, 4.69) is 10.4 Å². The van der Waals surface area contributed by atoms with E-state index in [1.165, 1.54) is 11.8 Å². The Morgan fingerprint density at radius 3 is 3.00 bits per heavy atom. The van der Waals surface area contributed by atoms with Gasteiger partial charge in [-0.3, -0.25) is 10.2 Å². The van der Waals surface area contributed by atoms with Crippen molar-refractivity contribution in [1.82, 2.24) is 10.4 Å². The monoisotopic (exact) mass is 221 g/mol. The molecule has 1 amide bonds. The number of benzene rings is 1. The molecule has 0 radical (unpaired) electrons. The largest absolute Gasteiger partial charge is 0.350 e. The van der Waals surface area contributed by atoms with Gasteiger partial charge in [-0.1, -0.05) is 30.0 Å². The standard InChI is InChI=1S/C10H11N3OS/c11-13-9(14)6-15-10-5-7-3-1-2-4-8(7)12-10/h1-5,12H,6,11H2,(H,13,14). The number of fused-ring (bicyclic) bond motifs is 1. The summed E-state index contributed by atoms with van der Waals surface area (Å²) in [6.45, 7) is 0. The summed E-state index contributed by atoms with van der Waals surface area (Å²) in [5.74, 6) is 5.13. The molecule has 0 spiro atoms.